The van der Waals surface area contributed by atoms with Gasteiger partial charge in [-0.05, 0) is 55.2 Å². The minimum Gasteiger partial charge on any atom is -0.322 e. The van der Waals surface area contributed by atoms with E-state index in [9.17, 15) is 4.79 Å². The van der Waals surface area contributed by atoms with Gasteiger partial charge in [0.05, 0.1) is 0 Å². The maximum atomic E-state index is 12.1. The van der Waals surface area contributed by atoms with Crippen molar-refractivity contribution >= 4 is 11.6 Å². The fraction of sp³-hybridized carbons (Fsp3) is 0.188. The van der Waals surface area contributed by atoms with Gasteiger partial charge < -0.3 is 5.32 Å². The van der Waals surface area contributed by atoms with E-state index >= 15 is 0 Å². The van der Waals surface area contributed by atoms with Crippen LogP contribution in [0.1, 0.15) is 27.0 Å². The summed E-state index contributed by atoms with van der Waals surface area (Å²) in [7, 11) is 0. The average molecular weight is 237 g/mol. The predicted molar refractivity (Wildman–Crippen MR) is 73.0 cm³/mol. The Hall–Kier alpha value is -2.09. The van der Waals surface area contributed by atoms with E-state index in [2.05, 4.69) is 11.4 Å². The van der Waals surface area contributed by atoms with Gasteiger partial charge in [0.25, 0.3) is 5.91 Å². The quantitative estimate of drug-likeness (QED) is 0.852. The Kier molecular flexibility index (Phi) is 2.63. The Morgan fingerprint density at radius 2 is 1.72 bits per heavy atom. The molecule has 2 heteroatoms. The van der Waals surface area contributed by atoms with Crippen molar-refractivity contribution < 1.29 is 4.79 Å². The first-order valence-electron chi connectivity index (χ1n) is 6.22. The Bertz CT molecular complexity index is 599. The third-order valence-corrected chi connectivity index (χ3v) is 3.44. The highest BCUT2D eigenvalue weighted by Gasteiger charge is 2.15. The van der Waals surface area contributed by atoms with Crippen molar-refractivity contribution in [3.05, 3.63) is 64.7 Å². The van der Waals surface area contributed by atoms with E-state index in [0.29, 0.717) is 0 Å². The molecule has 0 radical (unpaired) electrons. The van der Waals surface area contributed by atoms with Crippen molar-refractivity contribution in [2.75, 3.05) is 5.32 Å². The molecule has 1 aliphatic carbocycles. The smallest absolute Gasteiger partial charge is 0.255 e. The van der Waals surface area contributed by atoms with Crippen LogP contribution in [-0.2, 0) is 12.8 Å². The molecule has 0 bridgehead atoms. The Balaban J connectivity index is 1.78. The SMILES string of the molecule is Cc1ccc(NC(=O)c2ccc3c(c2)CC3)cc1. The second-order valence-corrected chi connectivity index (χ2v) is 4.80. The molecule has 0 saturated heterocycles. The van der Waals surface area contributed by atoms with Gasteiger partial charge >= 0.3 is 0 Å². The summed E-state index contributed by atoms with van der Waals surface area (Å²) in [5.41, 5.74) is 5.46. The van der Waals surface area contributed by atoms with E-state index in [4.69, 9.17) is 0 Å². The molecule has 0 fully saturated rings. The van der Waals surface area contributed by atoms with Crippen molar-refractivity contribution in [1.29, 1.82) is 0 Å². The summed E-state index contributed by atoms with van der Waals surface area (Å²) in [6, 6.07) is 13.8. The zero-order chi connectivity index (χ0) is 12.5. The number of fused-ring (bicyclic) bond motifs is 1. The Morgan fingerprint density at radius 1 is 1.00 bits per heavy atom. The van der Waals surface area contributed by atoms with Gasteiger partial charge in [0.1, 0.15) is 0 Å². The lowest BCUT2D eigenvalue weighted by atomic mass is 9.87. The van der Waals surface area contributed by atoms with Crippen molar-refractivity contribution in [2.45, 2.75) is 19.8 Å². The van der Waals surface area contributed by atoms with Gasteiger partial charge in [-0.1, -0.05) is 23.8 Å². The summed E-state index contributed by atoms with van der Waals surface area (Å²) >= 11 is 0. The van der Waals surface area contributed by atoms with Crippen molar-refractivity contribution in [2.24, 2.45) is 0 Å². The maximum absolute atomic E-state index is 12.1. The van der Waals surface area contributed by atoms with E-state index in [1.807, 2.05) is 43.3 Å². The van der Waals surface area contributed by atoms with Crippen LogP contribution in [0.4, 0.5) is 5.69 Å². The van der Waals surface area contributed by atoms with Crippen LogP contribution in [0.15, 0.2) is 42.5 Å². The van der Waals surface area contributed by atoms with Crippen LogP contribution in [0.2, 0.25) is 0 Å². The fourth-order valence-corrected chi connectivity index (χ4v) is 2.18. The number of rotatable bonds is 2. The first kappa shape index (κ1) is 11.0. The van der Waals surface area contributed by atoms with Crippen molar-refractivity contribution in [1.82, 2.24) is 0 Å². The van der Waals surface area contributed by atoms with E-state index in [1.54, 1.807) is 0 Å². The van der Waals surface area contributed by atoms with Crippen LogP contribution in [-0.4, -0.2) is 5.91 Å². The maximum Gasteiger partial charge on any atom is 0.255 e. The minimum atomic E-state index is -0.0337. The largest absolute Gasteiger partial charge is 0.322 e. The number of hydrogen-bond acceptors (Lipinski definition) is 1. The lowest BCUT2D eigenvalue weighted by Gasteiger charge is -2.19. The average Bonchev–Trinajstić information content (AvgIpc) is 2.33. The monoisotopic (exact) mass is 237 g/mol. The van der Waals surface area contributed by atoms with Gasteiger partial charge in [-0.3, -0.25) is 4.79 Å². The molecule has 0 spiro atoms. The van der Waals surface area contributed by atoms with Gasteiger partial charge in [-0.15, -0.1) is 0 Å². The second kappa shape index (κ2) is 4.30. The number of nitrogens with one attached hydrogen (secondary N) is 1. The zero-order valence-corrected chi connectivity index (χ0v) is 10.4. The Labute approximate surface area is 107 Å². The molecular weight excluding hydrogens is 222 g/mol. The first-order chi connectivity index (χ1) is 8.72. The highest BCUT2D eigenvalue weighted by Crippen LogP contribution is 2.24. The van der Waals surface area contributed by atoms with Crippen LogP contribution in [0.3, 0.4) is 0 Å². The minimum absolute atomic E-state index is 0.0337. The summed E-state index contributed by atoms with van der Waals surface area (Å²) in [5, 5.41) is 2.92. The van der Waals surface area contributed by atoms with E-state index in [0.717, 1.165) is 24.1 Å². The highest BCUT2D eigenvalue weighted by atomic mass is 16.1. The zero-order valence-electron chi connectivity index (χ0n) is 10.4. The molecule has 2 nitrogen and oxygen atoms in total. The highest BCUT2D eigenvalue weighted by molar-refractivity contribution is 6.04. The molecule has 0 unspecified atom stereocenters. The molecule has 0 saturated carbocycles. The molecule has 1 aliphatic rings. The summed E-state index contributed by atoms with van der Waals surface area (Å²) in [4.78, 5) is 12.1. The van der Waals surface area contributed by atoms with Crippen LogP contribution in [0.5, 0.6) is 0 Å². The molecule has 0 aliphatic heterocycles. The molecule has 1 amide bonds. The van der Waals surface area contributed by atoms with Crippen LogP contribution < -0.4 is 5.32 Å². The molecule has 0 aromatic heterocycles. The lowest BCUT2D eigenvalue weighted by molar-refractivity contribution is 0.102. The fourth-order valence-electron chi connectivity index (χ4n) is 2.18. The molecule has 18 heavy (non-hydrogen) atoms. The number of carbonyl (C=O) groups excluding carboxylic acids is 1. The molecule has 3 rings (SSSR count). The van der Waals surface area contributed by atoms with Crippen LogP contribution >= 0.6 is 0 Å². The van der Waals surface area contributed by atoms with Gasteiger partial charge in [0.15, 0.2) is 0 Å². The number of benzene rings is 2. The van der Waals surface area contributed by atoms with E-state index in [-0.39, 0.29) is 5.91 Å². The van der Waals surface area contributed by atoms with E-state index < -0.39 is 0 Å². The predicted octanol–water partition coefficient (Wildman–Crippen LogP) is 3.35. The van der Waals surface area contributed by atoms with Gasteiger partial charge in [-0.25, -0.2) is 0 Å². The third kappa shape index (κ3) is 2.02. The molecule has 2 aromatic rings. The van der Waals surface area contributed by atoms with Crippen LogP contribution in [0.25, 0.3) is 0 Å². The first-order valence-corrected chi connectivity index (χ1v) is 6.22. The van der Waals surface area contributed by atoms with Gasteiger partial charge in [-0.2, -0.15) is 0 Å². The molecule has 0 heterocycles. The normalized spacial score (nSPS) is 12.5. The van der Waals surface area contributed by atoms with Gasteiger partial charge in [0.2, 0.25) is 0 Å². The van der Waals surface area contributed by atoms with Crippen molar-refractivity contribution in [3.63, 3.8) is 0 Å². The number of anilines is 1. The molecule has 0 atom stereocenters. The van der Waals surface area contributed by atoms with Crippen molar-refractivity contribution in [3.8, 4) is 0 Å². The molecular formula is C16H15NO. The third-order valence-electron chi connectivity index (χ3n) is 3.44. The van der Waals surface area contributed by atoms with Crippen LogP contribution in [0, 0.1) is 6.92 Å². The topological polar surface area (TPSA) is 29.1 Å². The standard InChI is InChI=1S/C16H15NO/c1-11-2-8-15(9-3-11)17-16(18)14-7-5-12-4-6-13(12)10-14/h2-3,5,7-10H,4,6H2,1H3,(H,17,18). The Morgan fingerprint density at radius 3 is 2.33 bits per heavy atom. The molecule has 1 N–H and O–H groups in total. The second-order valence-electron chi connectivity index (χ2n) is 4.80. The molecule has 90 valence electrons. The number of hydrogen-bond donors (Lipinski definition) is 1. The number of amides is 1. The summed E-state index contributed by atoms with van der Waals surface area (Å²) in [6.45, 7) is 2.03. The number of aryl methyl sites for hydroxylation is 3. The van der Waals surface area contributed by atoms with E-state index in [1.165, 1.54) is 16.7 Å². The van der Waals surface area contributed by atoms with Gasteiger partial charge in [0, 0.05) is 11.3 Å². The lowest BCUT2D eigenvalue weighted by Crippen LogP contribution is -2.15. The summed E-state index contributed by atoms with van der Waals surface area (Å²) < 4.78 is 0. The summed E-state index contributed by atoms with van der Waals surface area (Å²) in [5.74, 6) is -0.0337. The molecule has 2 aromatic carbocycles. The summed E-state index contributed by atoms with van der Waals surface area (Å²) in [6.07, 6.45) is 2.25. The number of carbonyl (C=O) groups is 1.